The molecule has 3 aromatic rings. The van der Waals surface area contributed by atoms with Crippen LogP contribution in [0, 0.1) is 11.8 Å². The lowest BCUT2D eigenvalue weighted by Gasteiger charge is -2.44. The van der Waals surface area contributed by atoms with Crippen molar-refractivity contribution in [2.24, 2.45) is 22.6 Å². The van der Waals surface area contributed by atoms with Crippen molar-refractivity contribution < 1.29 is 14.6 Å². The number of amides is 1. The Kier molecular flexibility index (Phi) is 7.94. The van der Waals surface area contributed by atoms with E-state index in [-0.39, 0.29) is 41.6 Å². The number of nitrogens with two attached hydrogens (primary N) is 1. The molecule has 3 aliphatic heterocycles. The minimum absolute atomic E-state index is 0.00484. The van der Waals surface area contributed by atoms with Crippen molar-refractivity contribution in [2.75, 3.05) is 38.3 Å². The van der Waals surface area contributed by atoms with E-state index >= 15 is 0 Å². The summed E-state index contributed by atoms with van der Waals surface area (Å²) in [5.41, 5.74) is 13.7. The lowest BCUT2D eigenvalue weighted by molar-refractivity contribution is 0.0739. The fraction of sp³-hybridized carbons (Fsp3) is 0.529. The van der Waals surface area contributed by atoms with Gasteiger partial charge in [0.15, 0.2) is 0 Å². The molecule has 3 N–H and O–H groups in total. The highest BCUT2D eigenvalue weighted by Gasteiger charge is 2.39. The highest BCUT2D eigenvalue weighted by atomic mass is 28.1. The maximum Gasteiger partial charge on any atom is 0.254 e. The van der Waals surface area contributed by atoms with Crippen LogP contribution in [0.4, 0.5) is 11.4 Å². The predicted octanol–water partition coefficient (Wildman–Crippen LogP) is 3.79. The molecule has 1 saturated heterocycles. The molecule has 3 aliphatic rings. The molecule has 0 aliphatic carbocycles. The Bertz CT molecular complexity index is 1580. The zero-order chi connectivity index (χ0) is 30.6. The van der Waals surface area contributed by atoms with Crippen LogP contribution < -0.4 is 15.4 Å². The van der Waals surface area contributed by atoms with Crippen LogP contribution in [0.25, 0.3) is 10.9 Å². The standard InChI is InChI=1S/C34H47N5O3Si/c1-6-34(43)19-37(13-8-14-40)27-10-7-9-23-16-28(39(34)32(23)27)31-20(2)11-12-25-26(36-31)15-24(17-29(25)42-5)33(41)38-18-21(3)30(35)22(38)4/h7,9-10,15-17,20-22,30,40H,6,8,11-14,18-19,35H2,1-5,43H3/t20?,21-,22-,30-,34+/m1/s1. The van der Waals surface area contributed by atoms with Crippen LogP contribution in [-0.2, 0) is 11.6 Å². The van der Waals surface area contributed by atoms with Crippen LogP contribution >= 0.6 is 0 Å². The summed E-state index contributed by atoms with van der Waals surface area (Å²) in [6.45, 7) is 11.4. The number of rotatable bonds is 7. The molecule has 5 atom stereocenters. The van der Waals surface area contributed by atoms with Crippen LogP contribution in [0.15, 0.2) is 41.4 Å². The Morgan fingerprint density at radius 2 is 2.02 bits per heavy atom. The lowest BCUT2D eigenvalue weighted by Crippen LogP contribution is -2.50. The monoisotopic (exact) mass is 601 g/mol. The number of fused-ring (bicyclic) bond motifs is 1. The smallest absolute Gasteiger partial charge is 0.254 e. The van der Waals surface area contributed by atoms with E-state index in [1.165, 1.54) is 22.3 Å². The minimum Gasteiger partial charge on any atom is -0.496 e. The number of hydrogen-bond acceptors (Lipinski definition) is 6. The Morgan fingerprint density at radius 3 is 2.70 bits per heavy atom. The topological polar surface area (TPSA) is 96.3 Å². The van der Waals surface area contributed by atoms with Crippen molar-refractivity contribution in [1.82, 2.24) is 9.47 Å². The molecule has 43 heavy (non-hydrogen) atoms. The van der Waals surface area contributed by atoms with Gasteiger partial charge in [0, 0.05) is 76.2 Å². The van der Waals surface area contributed by atoms with Gasteiger partial charge in [0.1, 0.15) is 5.75 Å². The fourth-order valence-electron chi connectivity index (χ4n) is 7.59. The number of anilines is 1. The van der Waals surface area contributed by atoms with Crippen molar-refractivity contribution in [3.8, 4) is 5.75 Å². The van der Waals surface area contributed by atoms with E-state index in [1.54, 1.807) is 7.11 Å². The van der Waals surface area contributed by atoms with E-state index < -0.39 is 0 Å². The normalized spacial score (nSPS) is 26.9. The van der Waals surface area contributed by atoms with Crippen molar-refractivity contribution in [3.05, 3.63) is 53.2 Å². The molecular formula is C34H47N5O3Si. The van der Waals surface area contributed by atoms with Crippen molar-refractivity contribution in [2.45, 2.75) is 70.6 Å². The molecule has 6 rings (SSSR count). The van der Waals surface area contributed by atoms with Gasteiger partial charge >= 0.3 is 0 Å². The molecule has 1 aromatic heterocycles. The summed E-state index contributed by atoms with van der Waals surface area (Å²) in [5, 5.41) is 10.8. The number of methoxy groups -OCH3 is 1. The van der Waals surface area contributed by atoms with Crippen molar-refractivity contribution >= 4 is 44.1 Å². The maximum absolute atomic E-state index is 13.8. The second-order valence-electron chi connectivity index (χ2n) is 13.3. The number of carbonyl (C=O) groups is 1. The van der Waals surface area contributed by atoms with E-state index in [9.17, 15) is 9.90 Å². The van der Waals surface area contributed by atoms with Crippen molar-refractivity contribution in [1.29, 1.82) is 0 Å². The second kappa shape index (κ2) is 11.4. The Hall–Kier alpha value is -3.14. The van der Waals surface area contributed by atoms with Gasteiger partial charge in [-0.15, -0.1) is 0 Å². The molecule has 230 valence electrons. The number of ether oxygens (including phenoxy) is 1. The van der Waals surface area contributed by atoms with Gasteiger partial charge in [0.25, 0.3) is 5.91 Å². The average molecular weight is 602 g/mol. The summed E-state index contributed by atoms with van der Waals surface area (Å²) < 4.78 is 8.49. The van der Waals surface area contributed by atoms with Gasteiger partial charge in [-0.1, -0.05) is 32.9 Å². The summed E-state index contributed by atoms with van der Waals surface area (Å²) in [4.78, 5) is 23.7. The van der Waals surface area contributed by atoms with Gasteiger partial charge in [0.05, 0.1) is 35.4 Å². The summed E-state index contributed by atoms with van der Waals surface area (Å²) >= 11 is 0. The summed E-state index contributed by atoms with van der Waals surface area (Å²) in [7, 11) is 2.66. The Labute approximate surface area is 258 Å². The molecule has 2 aromatic carbocycles. The maximum atomic E-state index is 13.8. The quantitative estimate of drug-likeness (QED) is 0.402. The molecule has 1 amide bonds. The number of carbonyl (C=O) groups excluding carboxylic acids is 1. The number of aliphatic hydroxyl groups excluding tert-OH is 1. The number of likely N-dealkylation sites (tertiary alicyclic amines) is 1. The summed E-state index contributed by atoms with van der Waals surface area (Å²) in [6, 6.07) is 12.7. The van der Waals surface area contributed by atoms with E-state index in [1.807, 2.05) is 24.0 Å². The van der Waals surface area contributed by atoms with Gasteiger partial charge in [-0.05, 0) is 62.8 Å². The van der Waals surface area contributed by atoms with E-state index in [0.717, 1.165) is 71.7 Å². The molecule has 8 nitrogen and oxygen atoms in total. The molecule has 9 heteroatoms. The van der Waals surface area contributed by atoms with Crippen LogP contribution in [0.1, 0.15) is 68.6 Å². The first-order valence-electron chi connectivity index (χ1n) is 16.0. The van der Waals surface area contributed by atoms with Crippen LogP contribution in [-0.4, -0.2) is 81.9 Å². The SMILES string of the molecule is CC[C@]1([SiH3])CN(CCCO)c2cccc3cc(C4=Nc5cc(C(=O)N6C[C@@H](C)[C@@H](N)[C@H]6C)cc(OC)c5CCC4C)n1c23. The van der Waals surface area contributed by atoms with Crippen LogP contribution in [0.2, 0.25) is 0 Å². The lowest BCUT2D eigenvalue weighted by atomic mass is 9.95. The molecule has 0 spiro atoms. The van der Waals surface area contributed by atoms with Gasteiger partial charge < -0.3 is 29.9 Å². The minimum atomic E-state index is -0.0292. The van der Waals surface area contributed by atoms with Gasteiger partial charge in [-0.3, -0.25) is 9.79 Å². The van der Waals surface area contributed by atoms with E-state index in [2.05, 4.69) is 54.5 Å². The van der Waals surface area contributed by atoms with Crippen LogP contribution in [0.3, 0.4) is 0 Å². The first kappa shape index (κ1) is 29.9. The summed E-state index contributed by atoms with van der Waals surface area (Å²) in [5.74, 6) is 1.21. The third kappa shape index (κ3) is 4.89. The first-order chi connectivity index (χ1) is 20.6. The van der Waals surface area contributed by atoms with Crippen molar-refractivity contribution in [3.63, 3.8) is 0 Å². The Balaban J connectivity index is 1.51. The fourth-order valence-corrected chi connectivity index (χ4v) is 8.44. The zero-order valence-electron chi connectivity index (χ0n) is 26.6. The van der Waals surface area contributed by atoms with E-state index in [4.69, 9.17) is 15.5 Å². The molecule has 1 fully saturated rings. The number of aromatic nitrogens is 1. The molecule has 4 heterocycles. The molecule has 1 unspecified atom stereocenters. The number of benzene rings is 2. The third-order valence-corrected chi connectivity index (χ3v) is 11.9. The first-order valence-corrected chi connectivity index (χ1v) is 17.0. The molecule has 0 radical (unpaired) electrons. The second-order valence-corrected chi connectivity index (χ2v) is 15.2. The van der Waals surface area contributed by atoms with Gasteiger partial charge in [-0.25, -0.2) is 0 Å². The number of hydrogen-bond donors (Lipinski definition) is 2. The molecule has 0 bridgehead atoms. The molecule has 0 saturated carbocycles. The Morgan fingerprint density at radius 1 is 1.23 bits per heavy atom. The number of aliphatic hydroxyl groups is 1. The molecular weight excluding hydrogens is 554 g/mol. The predicted molar refractivity (Wildman–Crippen MR) is 178 cm³/mol. The number of nitrogens with zero attached hydrogens (tertiary/aromatic N) is 4. The highest BCUT2D eigenvalue weighted by molar-refractivity contribution is 6.18. The van der Waals surface area contributed by atoms with E-state index in [0.29, 0.717) is 12.1 Å². The van der Waals surface area contributed by atoms with Gasteiger partial charge in [0.2, 0.25) is 0 Å². The zero-order valence-corrected chi connectivity index (χ0v) is 28.6. The number of para-hydroxylation sites is 1. The highest BCUT2D eigenvalue weighted by Crippen LogP contribution is 2.43. The summed E-state index contributed by atoms with van der Waals surface area (Å²) in [6.07, 6.45) is 3.57. The van der Waals surface area contributed by atoms with Gasteiger partial charge in [-0.2, -0.15) is 0 Å². The average Bonchev–Trinajstić information content (AvgIpc) is 3.46. The largest absolute Gasteiger partial charge is 0.496 e. The van der Waals surface area contributed by atoms with Crippen LogP contribution in [0.5, 0.6) is 5.75 Å². The third-order valence-electron chi connectivity index (χ3n) is 10.5. The number of aliphatic imine (C=N–C) groups is 1.